The molecule has 2 aromatic carbocycles. The number of hydrogen-bond donors (Lipinski definition) is 2. The minimum absolute atomic E-state index is 0.0240. The third kappa shape index (κ3) is 4.41. The molecule has 8 heteroatoms. The van der Waals surface area contributed by atoms with Gasteiger partial charge in [0.2, 0.25) is 5.91 Å². The lowest BCUT2D eigenvalue weighted by atomic mass is 10.1. The highest BCUT2D eigenvalue weighted by atomic mass is 19.1. The van der Waals surface area contributed by atoms with Crippen LogP contribution in [0.4, 0.5) is 15.8 Å². The van der Waals surface area contributed by atoms with E-state index >= 15 is 0 Å². The molecule has 2 N–H and O–H groups in total. The van der Waals surface area contributed by atoms with Gasteiger partial charge in [0.05, 0.1) is 11.6 Å². The van der Waals surface area contributed by atoms with E-state index in [1.54, 1.807) is 30.3 Å². The van der Waals surface area contributed by atoms with E-state index in [2.05, 4.69) is 5.32 Å². The number of para-hydroxylation sites is 1. The number of carbonyl (C=O) groups excluding carboxylic acids is 2. The molecule has 1 unspecified atom stereocenters. The summed E-state index contributed by atoms with van der Waals surface area (Å²) in [7, 11) is 0. The molecule has 2 amide bonds. The summed E-state index contributed by atoms with van der Waals surface area (Å²) in [5.41, 5.74) is 0.633. The average Bonchev–Trinajstić information content (AvgIpc) is 3.04. The van der Waals surface area contributed by atoms with Gasteiger partial charge in [0.25, 0.3) is 5.91 Å². The molecule has 0 saturated carbocycles. The third-order valence-corrected chi connectivity index (χ3v) is 4.14. The van der Waals surface area contributed by atoms with Crippen LogP contribution in [0.3, 0.4) is 0 Å². The molecule has 1 aliphatic rings. The van der Waals surface area contributed by atoms with Gasteiger partial charge in [0.15, 0.2) is 6.61 Å². The van der Waals surface area contributed by atoms with E-state index in [0.29, 0.717) is 11.4 Å². The maximum absolute atomic E-state index is 13.5. The SMILES string of the molecule is O=C(COc1ccc(N2CC(C(=O)O)CC2=O)cc1)Nc1ccccc1F. The Morgan fingerprint density at radius 2 is 1.89 bits per heavy atom. The van der Waals surface area contributed by atoms with E-state index < -0.39 is 23.6 Å². The number of rotatable bonds is 6. The van der Waals surface area contributed by atoms with Crippen LogP contribution in [0.2, 0.25) is 0 Å². The van der Waals surface area contributed by atoms with Gasteiger partial charge >= 0.3 is 5.97 Å². The maximum atomic E-state index is 13.5. The fourth-order valence-corrected chi connectivity index (χ4v) is 2.74. The first kappa shape index (κ1) is 18.4. The Hall–Kier alpha value is -3.42. The number of carboxylic acids is 1. The number of aliphatic carboxylic acids is 1. The van der Waals surface area contributed by atoms with Gasteiger partial charge in [-0.25, -0.2) is 4.39 Å². The number of anilines is 2. The fourth-order valence-electron chi connectivity index (χ4n) is 2.74. The van der Waals surface area contributed by atoms with Crippen LogP contribution in [0.15, 0.2) is 48.5 Å². The Labute approximate surface area is 154 Å². The number of halogens is 1. The molecule has 1 atom stereocenters. The first-order valence-electron chi connectivity index (χ1n) is 8.24. The van der Waals surface area contributed by atoms with Crippen molar-refractivity contribution in [1.82, 2.24) is 0 Å². The molecule has 1 heterocycles. The van der Waals surface area contributed by atoms with E-state index in [-0.39, 0.29) is 31.2 Å². The number of nitrogens with one attached hydrogen (secondary N) is 1. The molecule has 1 aliphatic heterocycles. The zero-order valence-corrected chi connectivity index (χ0v) is 14.2. The van der Waals surface area contributed by atoms with Crippen LogP contribution in [0.5, 0.6) is 5.75 Å². The Morgan fingerprint density at radius 1 is 1.19 bits per heavy atom. The van der Waals surface area contributed by atoms with Gasteiger partial charge in [-0.15, -0.1) is 0 Å². The number of ether oxygens (including phenoxy) is 1. The van der Waals surface area contributed by atoms with Crippen LogP contribution in [-0.2, 0) is 14.4 Å². The second-order valence-electron chi connectivity index (χ2n) is 6.05. The monoisotopic (exact) mass is 372 g/mol. The number of carbonyl (C=O) groups is 3. The van der Waals surface area contributed by atoms with Gasteiger partial charge < -0.3 is 20.1 Å². The zero-order chi connectivity index (χ0) is 19.4. The Kier molecular flexibility index (Phi) is 5.35. The molecule has 3 rings (SSSR count). The van der Waals surface area contributed by atoms with Gasteiger partial charge in [-0.1, -0.05) is 12.1 Å². The van der Waals surface area contributed by atoms with E-state index in [1.165, 1.54) is 23.1 Å². The lowest BCUT2D eigenvalue weighted by Crippen LogP contribution is -2.25. The van der Waals surface area contributed by atoms with Crippen molar-refractivity contribution in [2.45, 2.75) is 6.42 Å². The summed E-state index contributed by atoms with van der Waals surface area (Å²) in [6, 6.07) is 12.2. The van der Waals surface area contributed by atoms with Crippen LogP contribution in [0.25, 0.3) is 0 Å². The Bertz CT molecular complexity index is 869. The first-order chi connectivity index (χ1) is 12.9. The van der Waals surface area contributed by atoms with Crippen molar-refractivity contribution < 1.29 is 28.6 Å². The van der Waals surface area contributed by atoms with Gasteiger partial charge in [0.1, 0.15) is 11.6 Å². The summed E-state index contributed by atoms with van der Waals surface area (Å²) in [5, 5.41) is 11.4. The topological polar surface area (TPSA) is 95.9 Å². The largest absolute Gasteiger partial charge is 0.484 e. The van der Waals surface area contributed by atoms with Crippen molar-refractivity contribution in [3.63, 3.8) is 0 Å². The quantitative estimate of drug-likeness (QED) is 0.811. The number of hydrogen-bond acceptors (Lipinski definition) is 4. The van der Waals surface area contributed by atoms with E-state index in [4.69, 9.17) is 9.84 Å². The summed E-state index contributed by atoms with van der Waals surface area (Å²) in [6.45, 7) is -0.184. The number of benzene rings is 2. The van der Waals surface area contributed by atoms with Crippen LogP contribution < -0.4 is 15.0 Å². The molecule has 0 radical (unpaired) electrons. The highest BCUT2D eigenvalue weighted by Gasteiger charge is 2.34. The van der Waals surface area contributed by atoms with Gasteiger partial charge in [-0.3, -0.25) is 14.4 Å². The summed E-state index contributed by atoms with van der Waals surface area (Å²) < 4.78 is 18.8. The summed E-state index contributed by atoms with van der Waals surface area (Å²) in [4.78, 5) is 36.2. The predicted octanol–water partition coefficient (Wildman–Crippen LogP) is 2.28. The Morgan fingerprint density at radius 3 is 2.52 bits per heavy atom. The van der Waals surface area contributed by atoms with Crippen molar-refractivity contribution in [1.29, 1.82) is 0 Å². The molecule has 0 aliphatic carbocycles. The third-order valence-electron chi connectivity index (χ3n) is 4.14. The van der Waals surface area contributed by atoms with Crippen molar-refractivity contribution in [3.05, 3.63) is 54.3 Å². The van der Waals surface area contributed by atoms with Gasteiger partial charge in [-0.2, -0.15) is 0 Å². The van der Waals surface area contributed by atoms with Crippen LogP contribution in [0, 0.1) is 11.7 Å². The van der Waals surface area contributed by atoms with E-state index in [1.807, 2.05) is 0 Å². The average molecular weight is 372 g/mol. The van der Waals surface area contributed by atoms with Gasteiger partial charge in [0, 0.05) is 18.7 Å². The van der Waals surface area contributed by atoms with Gasteiger partial charge in [-0.05, 0) is 36.4 Å². The summed E-state index contributed by atoms with van der Waals surface area (Å²) >= 11 is 0. The molecule has 1 saturated heterocycles. The van der Waals surface area contributed by atoms with Crippen LogP contribution in [-0.4, -0.2) is 36.0 Å². The number of amides is 2. The van der Waals surface area contributed by atoms with Crippen LogP contribution in [0.1, 0.15) is 6.42 Å². The number of carboxylic acid groups (broad SMARTS) is 1. The fraction of sp³-hybridized carbons (Fsp3) is 0.211. The molecule has 140 valence electrons. The van der Waals surface area contributed by atoms with Crippen molar-refractivity contribution in [2.75, 3.05) is 23.4 Å². The molecule has 0 spiro atoms. The molecule has 27 heavy (non-hydrogen) atoms. The normalized spacial score (nSPS) is 16.3. The van der Waals surface area contributed by atoms with Crippen molar-refractivity contribution in [3.8, 4) is 5.75 Å². The second-order valence-corrected chi connectivity index (χ2v) is 6.05. The lowest BCUT2D eigenvalue weighted by molar-refractivity contribution is -0.141. The van der Waals surface area contributed by atoms with Crippen molar-refractivity contribution >= 4 is 29.2 Å². The maximum Gasteiger partial charge on any atom is 0.308 e. The van der Waals surface area contributed by atoms with Crippen molar-refractivity contribution in [2.24, 2.45) is 5.92 Å². The molecule has 1 fully saturated rings. The molecule has 2 aromatic rings. The minimum Gasteiger partial charge on any atom is -0.484 e. The highest BCUT2D eigenvalue weighted by Crippen LogP contribution is 2.27. The molecular formula is C19H17FN2O5. The Balaban J connectivity index is 1.55. The lowest BCUT2D eigenvalue weighted by Gasteiger charge is -2.16. The number of nitrogens with zero attached hydrogens (tertiary/aromatic N) is 1. The highest BCUT2D eigenvalue weighted by molar-refractivity contribution is 5.99. The molecule has 0 bridgehead atoms. The molecular weight excluding hydrogens is 355 g/mol. The zero-order valence-electron chi connectivity index (χ0n) is 14.2. The van der Waals surface area contributed by atoms with E-state index in [9.17, 15) is 18.8 Å². The second kappa shape index (κ2) is 7.86. The summed E-state index contributed by atoms with van der Waals surface area (Å²) in [6.07, 6.45) is -0.0240. The smallest absolute Gasteiger partial charge is 0.308 e. The summed E-state index contributed by atoms with van der Waals surface area (Å²) in [5.74, 6) is -2.61. The first-order valence-corrected chi connectivity index (χ1v) is 8.24. The predicted molar refractivity (Wildman–Crippen MR) is 95.1 cm³/mol. The van der Waals surface area contributed by atoms with E-state index in [0.717, 1.165) is 0 Å². The standard InChI is InChI=1S/C19H17FN2O5/c20-15-3-1-2-4-16(15)21-17(23)11-27-14-7-5-13(6-8-14)22-10-12(19(25)26)9-18(22)24/h1-8,12H,9-11H2,(H,21,23)(H,25,26). The minimum atomic E-state index is -0.994. The molecule has 7 nitrogen and oxygen atoms in total. The molecule has 0 aromatic heterocycles. The van der Waals surface area contributed by atoms with Crippen LogP contribution >= 0.6 is 0 Å².